The molecule has 0 bridgehead atoms. The Kier molecular flexibility index (Phi) is 2.14. The Morgan fingerprint density at radius 3 is 2.82 bits per heavy atom. The fraction of sp³-hybridized carbons (Fsp3) is 0.333. The fourth-order valence-electron chi connectivity index (χ4n) is 1.69. The summed E-state index contributed by atoms with van der Waals surface area (Å²) in [4.78, 5) is 0. The summed E-state index contributed by atoms with van der Waals surface area (Å²) >= 11 is 0. The van der Waals surface area contributed by atoms with Crippen LogP contribution in [-0.4, -0.2) is 16.4 Å². The molecule has 0 spiro atoms. The molecule has 1 aliphatic carbocycles. The van der Waals surface area contributed by atoms with E-state index >= 15 is 0 Å². The van der Waals surface area contributed by atoms with Crippen molar-refractivity contribution < 1.29 is 8.81 Å². The number of nitrogen functional groups attached to an aromatic ring is 1. The van der Waals surface area contributed by atoms with Crippen LogP contribution in [0.3, 0.4) is 0 Å². The second-order valence-electron chi connectivity index (χ2n) is 4.38. The highest BCUT2D eigenvalue weighted by atomic mass is 19.1. The number of nitrogens with two attached hydrogens (primary N) is 1. The predicted molar refractivity (Wildman–Crippen MR) is 61.1 cm³/mol. The van der Waals surface area contributed by atoms with Gasteiger partial charge in [0.15, 0.2) is 0 Å². The van der Waals surface area contributed by atoms with Gasteiger partial charge in [0.25, 0.3) is 0 Å². The summed E-state index contributed by atoms with van der Waals surface area (Å²) in [6, 6.07) is 5.54. The average Bonchev–Trinajstić information content (AvgIpc) is 2.86. The maximum Gasteiger partial charge on any atom is 0.247 e. The minimum Gasteiger partial charge on any atom is -0.420 e. The third-order valence-electron chi connectivity index (χ3n) is 3.00. The molecule has 88 valence electrons. The van der Waals surface area contributed by atoms with Crippen LogP contribution >= 0.6 is 0 Å². The molecule has 1 saturated carbocycles. The van der Waals surface area contributed by atoms with Gasteiger partial charge in [0.1, 0.15) is 6.17 Å². The van der Waals surface area contributed by atoms with Crippen molar-refractivity contribution in [2.75, 3.05) is 5.73 Å². The van der Waals surface area contributed by atoms with Gasteiger partial charge in [-0.15, -0.1) is 10.2 Å². The zero-order chi connectivity index (χ0) is 12.0. The van der Waals surface area contributed by atoms with Crippen LogP contribution in [0.4, 0.5) is 10.1 Å². The first-order valence-electron chi connectivity index (χ1n) is 5.49. The molecule has 2 aromatic rings. The number of hydrogen-bond acceptors (Lipinski definition) is 4. The average molecular weight is 233 g/mol. The van der Waals surface area contributed by atoms with Crippen molar-refractivity contribution in [3.63, 3.8) is 0 Å². The minimum atomic E-state index is -0.827. The molecule has 0 radical (unpaired) electrons. The van der Waals surface area contributed by atoms with E-state index in [1.807, 2.05) is 19.1 Å². The lowest BCUT2D eigenvalue weighted by Crippen LogP contribution is -1.89. The highest BCUT2D eigenvalue weighted by Crippen LogP contribution is 2.43. The molecule has 0 saturated heterocycles. The summed E-state index contributed by atoms with van der Waals surface area (Å²) in [6.07, 6.45) is -0.344. The number of aryl methyl sites for hydroxylation is 1. The van der Waals surface area contributed by atoms with Gasteiger partial charge >= 0.3 is 0 Å². The third-order valence-corrected chi connectivity index (χ3v) is 3.00. The Balaban J connectivity index is 1.92. The van der Waals surface area contributed by atoms with Gasteiger partial charge in [0, 0.05) is 11.3 Å². The molecule has 1 aliphatic rings. The maximum absolute atomic E-state index is 12.8. The molecule has 4 nitrogen and oxygen atoms in total. The van der Waals surface area contributed by atoms with Crippen LogP contribution in [0.1, 0.15) is 23.8 Å². The lowest BCUT2D eigenvalue weighted by atomic mass is 10.1. The van der Waals surface area contributed by atoms with E-state index in [0.29, 0.717) is 23.9 Å². The van der Waals surface area contributed by atoms with E-state index in [2.05, 4.69) is 10.2 Å². The molecule has 2 N–H and O–H groups in total. The minimum absolute atomic E-state index is 0.209. The highest BCUT2D eigenvalue weighted by molar-refractivity contribution is 5.62. The Morgan fingerprint density at radius 2 is 2.18 bits per heavy atom. The van der Waals surface area contributed by atoms with Crippen LogP contribution in [-0.2, 0) is 0 Å². The summed E-state index contributed by atoms with van der Waals surface area (Å²) in [5.74, 6) is 0.566. The van der Waals surface area contributed by atoms with Crippen LogP contribution in [0.15, 0.2) is 22.6 Å². The SMILES string of the molecule is Cc1ccc(-c2nnc([C@H]3C[C@@H]3F)o2)cc1N. The molecule has 3 rings (SSSR count). The van der Waals surface area contributed by atoms with Crippen molar-refractivity contribution in [2.45, 2.75) is 25.4 Å². The number of aromatic nitrogens is 2. The van der Waals surface area contributed by atoms with Crippen LogP contribution < -0.4 is 5.73 Å². The van der Waals surface area contributed by atoms with Gasteiger partial charge in [0.05, 0.1) is 5.92 Å². The number of halogens is 1. The fourth-order valence-corrected chi connectivity index (χ4v) is 1.69. The zero-order valence-electron chi connectivity index (χ0n) is 9.35. The van der Waals surface area contributed by atoms with Gasteiger partial charge in [-0.1, -0.05) is 6.07 Å². The molecule has 0 aliphatic heterocycles. The van der Waals surface area contributed by atoms with Crippen molar-refractivity contribution in [1.29, 1.82) is 0 Å². The maximum atomic E-state index is 12.8. The lowest BCUT2D eigenvalue weighted by Gasteiger charge is -2.00. The zero-order valence-corrected chi connectivity index (χ0v) is 9.35. The molecule has 1 heterocycles. The van der Waals surface area contributed by atoms with Crippen molar-refractivity contribution in [2.24, 2.45) is 0 Å². The molecule has 17 heavy (non-hydrogen) atoms. The normalized spacial score (nSPS) is 22.7. The van der Waals surface area contributed by atoms with Gasteiger partial charge in [0.2, 0.25) is 11.8 Å². The second-order valence-corrected chi connectivity index (χ2v) is 4.38. The van der Waals surface area contributed by atoms with Gasteiger partial charge in [-0.2, -0.15) is 0 Å². The van der Waals surface area contributed by atoms with Crippen molar-refractivity contribution in [3.8, 4) is 11.5 Å². The number of benzene rings is 1. The number of alkyl halides is 1. The lowest BCUT2D eigenvalue weighted by molar-refractivity contribution is 0.434. The van der Waals surface area contributed by atoms with E-state index in [-0.39, 0.29) is 5.92 Å². The van der Waals surface area contributed by atoms with Gasteiger partial charge in [-0.25, -0.2) is 4.39 Å². The van der Waals surface area contributed by atoms with E-state index in [4.69, 9.17) is 10.2 Å². The van der Waals surface area contributed by atoms with Crippen LogP contribution in [0.2, 0.25) is 0 Å². The Bertz CT molecular complexity index is 567. The van der Waals surface area contributed by atoms with Crippen molar-refractivity contribution >= 4 is 5.69 Å². The molecule has 1 fully saturated rings. The molecule has 0 amide bonds. The first-order valence-corrected chi connectivity index (χ1v) is 5.49. The molecule has 5 heteroatoms. The predicted octanol–water partition coefficient (Wildman–Crippen LogP) is 2.45. The second kappa shape index (κ2) is 3.55. The van der Waals surface area contributed by atoms with E-state index < -0.39 is 6.17 Å². The quantitative estimate of drug-likeness (QED) is 0.809. The van der Waals surface area contributed by atoms with E-state index in [0.717, 1.165) is 11.1 Å². The molecule has 2 atom stereocenters. The van der Waals surface area contributed by atoms with Crippen molar-refractivity contribution in [1.82, 2.24) is 10.2 Å². The van der Waals surface area contributed by atoms with Gasteiger partial charge < -0.3 is 10.2 Å². The number of hydrogen-bond donors (Lipinski definition) is 1. The molecule has 1 aromatic heterocycles. The largest absolute Gasteiger partial charge is 0.420 e. The van der Waals surface area contributed by atoms with E-state index in [1.54, 1.807) is 6.07 Å². The summed E-state index contributed by atoms with van der Waals surface area (Å²) in [7, 11) is 0. The van der Waals surface area contributed by atoms with E-state index in [9.17, 15) is 4.39 Å². The Labute approximate surface area is 97.6 Å². The summed E-state index contributed by atoms with van der Waals surface area (Å²) in [5, 5.41) is 7.77. The van der Waals surface area contributed by atoms with Crippen molar-refractivity contribution in [3.05, 3.63) is 29.7 Å². The number of nitrogens with zero attached hydrogens (tertiary/aromatic N) is 2. The summed E-state index contributed by atoms with van der Waals surface area (Å²) in [6.45, 7) is 1.93. The Hall–Kier alpha value is -1.91. The Morgan fingerprint density at radius 1 is 1.41 bits per heavy atom. The summed E-state index contributed by atoms with van der Waals surface area (Å²) < 4.78 is 18.3. The van der Waals surface area contributed by atoms with Crippen LogP contribution in [0.25, 0.3) is 11.5 Å². The van der Waals surface area contributed by atoms with E-state index in [1.165, 1.54) is 0 Å². The molecule has 1 aromatic carbocycles. The van der Waals surface area contributed by atoms with Gasteiger partial charge in [-0.05, 0) is 31.0 Å². The van der Waals surface area contributed by atoms with Crippen LogP contribution in [0.5, 0.6) is 0 Å². The summed E-state index contributed by atoms with van der Waals surface area (Å²) in [5.41, 5.74) is 8.25. The third kappa shape index (κ3) is 1.77. The highest BCUT2D eigenvalue weighted by Gasteiger charge is 2.43. The topological polar surface area (TPSA) is 64.9 Å². The van der Waals surface area contributed by atoms with Gasteiger partial charge in [-0.3, -0.25) is 0 Å². The molecular formula is C12H12FN3O. The number of rotatable bonds is 2. The standard InChI is InChI=1S/C12H12FN3O/c1-6-2-3-7(4-10(6)14)11-15-16-12(17-11)8-5-9(8)13/h2-4,8-9H,5,14H2,1H3/t8-,9-/m0/s1. The first kappa shape index (κ1) is 10.3. The number of anilines is 1. The molecular weight excluding hydrogens is 221 g/mol. The monoisotopic (exact) mass is 233 g/mol. The molecule has 0 unspecified atom stereocenters. The smallest absolute Gasteiger partial charge is 0.247 e. The first-order chi connectivity index (χ1) is 8.15. The van der Waals surface area contributed by atoms with Crippen LogP contribution in [0, 0.1) is 6.92 Å².